The molecule has 1 saturated heterocycles. The van der Waals surface area contributed by atoms with Gasteiger partial charge in [0.25, 0.3) is 0 Å². The lowest BCUT2D eigenvalue weighted by Gasteiger charge is -2.26. The van der Waals surface area contributed by atoms with Crippen molar-refractivity contribution in [2.24, 2.45) is 4.99 Å². The van der Waals surface area contributed by atoms with Crippen molar-refractivity contribution >= 4 is 34.6 Å². The van der Waals surface area contributed by atoms with Gasteiger partial charge in [-0.25, -0.2) is 14.5 Å². The SMILES string of the molecule is O=C(/N=C1\SCC(=O)N1c1cc(OC(F)(F)F)ccc1C(F)(F)C(F)(F)F)NCOc1ccc(-c2ncn(-c3ccc(OC(F)(F)F)cc3)n2)cc1C(F)(F)F. The highest BCUT2D eigenvalue weighted by atomic mass is 32.2. The van der Waals surface area contributed by atoms with E-state index in [4.69, 9.17) is 4.74 Å². The number of alkyl halides is 14. The second-order valence-corrected chi connectivity index (χ2v) is 11.7. The number of nitrogens with one attached hydrogen (secondary N) is 1. The molecule has 1 N–H and O–H groups in total. The monoisotopic (exact) mass is 838 g/mol. The number of ether oxygens (including phenoxy) is 3. The average Bonchev–Trinajstić information content (AvgIpc) is 3.69. The number of thioether (sulfide) groups is 1. The van der Waals surface area contributed by atoms with Crippen LogP contribution in [0.4, 0.5) is 71.9 Å². The molecule has 0 saturated carbocycles. The summed E-state index contributed by atoms with van der Waals surface area (Å²) in [4.78, 5) is 32.4. The summed E-state index contributed by atoms with van der Waals surface area (Å²) in [6.45, 7) is -1.09. The number of carbonyl (C=O) groups is 2. The fourth-order valence-electron chi connectivity index (χ4n) is 4.63. The zero-order valence-electron chi connectivity index (χ0n) is 26.7. The Morgan fingerprint density at radius 2 is 1.43 bits per heavy atom. The Morgan fingerprint density at radius 1 is 0.804 bits per heavy atom. The molecular formula is C30H16F14N6O5S. The van der Waals surface area contributed by atoms with Crippen molar-refractivity contribution in [3.8, 4) is 34.3 Å². The van der Waals surface area contributed by atoms with Crippen LogP contribution in [0.1, 0.15) is 11.1 Å². The van der Waals surface area contributed by atoms with Gasteiger partial charge in [0.15, 0.2) is 17.7 Å². The van der Waals surface area contributed by atoms with Gasteiger partial charge >= 0.3 is 37.0 Å². The summed E-state index contributed by atoms with van der Waals surface area (Å²) < 4.78 is 200. The lowest BCUT2D eigenvalue weighted by molar-refractivity contribution is -0.289. The second-order valence-electron chi connectivity index (χ2n) is 10.7. The fourth-order valence-corrected chi connectivity index (χ4v) is 5.49. The van der Waals surface area contributed by atoms with Gasteiger partial charge < -0.3 is 19.5 Å². The van der Waals surface area contributed by atoms with Crippen LogP contribution in [-0.4, -0.2) is 63.3 Å². The van der Waals surface area contributed by atoms with Crippen molar-refractivity contribution in [1.82, 2.24) is 20.1 Å². The zero-order valence-corrected chi connectivity index (χ0v) is 27.6. The van der Waals surface area contributed by atoms with Gasteiger partial charge in [0.05, 0.1) is 28.3 Å². The minimum Gasteiger partial charge on any atom is -0.473 e. The van der Waals surface area contributed by atoms with Crippen LogP contribution in [0.5, 0.6) is 17.2 Å². The van der Waals surface area contributed by atoms with Gasteiger partial charge in [-0.3, -0.25) is 9.69 Å². The van der Waals surface area contributed by atoms with Crippen LogP contribution in [0.3, 0.4) is 0 Å². The van der Waals surface area contributed by atoms with E-state index in [1.165, 1.54) is 0 Å². The van der Waals surface area contributed by atoms with Gasteiger partial charge in [0.1, 0.15) is 23.6 Å². The van der Waals surface area contributed by atoms with E-state index in [0.717, 1.165) is 47.4 Å². The highest BCUT2D eigenvalue weighted by Crippen LogP contribution is 2.49. The molecule has 3 aromatic carbocycles. The molecule has 1 aliphatic rings. The number of benzene rings is 3. The molecule has 11 nitrogen and oxygen atoms in total. The van der Waals surface area contributed by atoms with Crippen molar-refractivity contribution < 1.29 is 85.3 Å². The van der Waals surface area contributed by atoms with E-state index in [0.29, 0.717) is 17.8 Å². The van der Waals surface area contributed by atoms with Crippen molar-refractivity contribution in [3.05, 3.63) is 78.1 Å². The molecule has 2 heterocycles. The first-order valence-electron chi connectivity index (χ1n) is 14.6. The molecule has 26 heteroatoms. The molecule has 0 aliphatic carbocycles. The van der Waals surface area contributed by atoms with E-state index >= 15 is 0 Å². The van der Waals surface area contributed by atoms with Crippen LogP contribution >= 0.6 is 11.8 Å². The topological polar surface area (TPSA) is 120 Å². The number of nitrogens with zero attached hydrogens (tertiary/aromatic N) is 5. The third-order valence-corrected chi connectivity index (χ3v) is 7.84. The molecule has 1 aliphatic heterocycles. The van der Waals surface area contributed by atoms with Crippen LogP contribution in [-0.2, 0) is 16.9 Å². The normalized spacial score (nSPS) is 15.0. The van der Waals surface area contributed by atoms with E-state index in [1.54, 1.807) is 0 Å². The number of anilines is 1. The first-order valence-corrected chi connectivity index (χ1v) is 15.6. The zero-order chi connectivity index (χ0) is 41.4. The number of amides is 3. The summed E-state index contributed by atoms with van der Waals surface area (Å²) in [5.41, 5.74) is -4.98. The highest BCUT2D eigenvalue weighted by Gasteiger charge is 2.60. The van der Waals surface area contributed by atoms with Gasteiger partial charge in [0.2, 0.25) is 5.91 Å². The summed E-state index contributed by atoms with van der Waals surface area (Å²) in [6.07, 6.45) is -20.8. The third-order valence-electron chi connectivity index (χ3n) is 6.92. The molecule has 5 rings (SSSR count). The lowest BCUT2D eigenvalue weighted by atomic mass is 10.0. The quantitative estimate of drug-likeness (QED) is 0.132. The maximum absolute atomic E-state index is 14.5. The summed E-state index contributed by atoms with van der Waals surface area (Å²) in [6, 6.07) is 5.20. The Labute approximate surface area is 305 Å². The molecule has 1 fully saturated rings. The van der Waals surface area contributed by atoms with Gasteiger partial charge in [-0.2, -0.15) is 40.1 Å². The smallest absolute Gasteiger partial charge is 0.473 e. The number of carbonyl (C=O) groups excluding carboxylic acids is 2. The van der Waals surface area contributed by atoms with E-state index in [-0.39, 0.29) is 40.2 Å². The minimum absolute atomic E-state index is 0.0105. The van der Waals surface area contributed by atoms with Gasteiger partial charge in [-0.1, -0.05) is 11.8 Å². The van der Waals surface area contributed by atoms with Crippen molar-refractivity contribution in [2.75, 3.05) is 17.4 Å². The minimum atomic E-state index is -6.31. The Balaban J connectivity index is 1.33. The standard InChI is InChI=1S/C30H16F14N6O5S/c31-26(32,28(36,37)38)18-7-6-17(55-30(42,43)44)10-20(18)50-22(51)11-56-25(50)47-24(52)46-13-53-21-8-1-14(9-19(21)27(33,34)35)23-45-12-49(48-23)15-2-4-16(5-3-15)54-29(39,40)41/h1-10,12H,11,13H2,(H,46,52)/b47-25-. The largest absolute Gasteiger partial charge is 0.573 e. The van der Waals surface area contributed by atoms with Gasteiger partial charge in [-0.15, -0.1) is 31.4 Å². The van der Waals surface area contributed by atoms with Crippen molar-refractivity contribution in [1.29, 1.82) is 0 Å². The maximum Gasteiger partial charge on any atom is 0.573 e. The summed E-state index contributed by atoms with van der Waals surface area (Å²) in [7, 11) is 0. The predicted octanol–water partition coefficient (Wildman–Crippen LogP) is 8.59. The van der Waals surface area contributed by atoms with Crippen molar-refractivity contribution in [2.45, 2.75) is 31.0 Å². The summed E-state index contributed by atoms with van der Waals surface area (Å²) in [5, 5.41) is 4.95. The number of aromatic nitrogens is 3. The van der Waals surface area contributed by atoms with E-state index in [9.17, 15) is 71.1 Å². The Morgan fingerprint density at radius 3 is 2.04 bits per heavy atom. The molecule has 4 aromatic rings. The second kappa shape index (κ2) is 15.0. The molecule has 0 spiro atoms. The number of amidine groups is 1. The van der Waals surface area contributed by atoms with E-state index in [1.807, 2.05) is 5.32 Å². The molecule has 300 valence electrons. The Bertz CT molecular complexity index is 2130. The number of hydrogen-bond acceptors (Lipinski definition) is 8. The van der Waals surface area contributed by atoms with Crippen LogP contribution in [0.2, 0.25) is 0 Å². The van der Waals surface area contributed by atoms with Crippen LogP contribution in [0, 0.1) is 0 Å². The summed E-state index contributed by atoms with van der Waals surface area (Å²) in [5.74, 6) is -10.8. The van der Waals surface area contributed by atoms with E-state index in [2.05, 4.69) is 24.5 Å². The summed E-state index contributed by atoms with van der Waals surface area (Å²) >= 11 is 0.292. The van der Waals surface area contributed by atoms with E-state index < -0.39 is 94.7 Å². The first kappa shape index (κ1) is 41.3. The molecule has 3 amide bonds. The molecule has 1 aromatic heterocycles. The molecule has 0 atom stereocenters. The lowest BCUT2D eigenvalue weighted by Crippen LogP contribution is -2.38. The molecule has 0 unspecified atom stereocenters. The highest BCUT2D eigenvalue weighted by molar-refractivity contribution is 8.15. The van der Waals surface area contributed by atoms with Crippen molar-refractivity contribution in [3.63, 3.8) is 0 Å². The molecular weight excluding hydrogens is 822 g/mol. The van der Waals surface area contributed by atoms with Gasteiger partial charge in [-0.05, 0) is 54.6 Å². The van der Waals surface area contributed by atoms with Crippen LogP contribution in [0.25, 0.3) is 17.1 Å². The third kappa shape index (κ3) is 9.69. The Hall–Kier alpha value is -5.82. The number of urea groups is 1. The molecule has 0 radical (unpaired) electrons. The predicted molar refractivity (Wildman–Crippen MR) is 163 cm³/mol. The Kier molecular flexibility index (Phi) is 11.1. The number of rotatable bonds is 9. The molecule has 56 heavy (non-hydrogen) atoms. The van der Waals surface area contributed by atoms with Gasteiger partial charge in [0, 0.05) is 11.6 Å². The van der Waals surface area contributed by atoms with Crippen LogP contribution in [0.15, 0.2) is 72.0 Å². The molecule has 0 bridgehead atoms. The maximum atomic E-state index is 14.5. The number of hydrogen-bond donors (Lipinski definition) is 1. The van der Waals surface area contributed by atoms with Crippen LogP contribution < -0.4 is 24.4 Å². The fraction of sp³-hybridized carbons (Fsp3) is 0.233. The number of aliphatic imine (C=N–C) groups is 1. The average molecular weight is 839 g/mol. The first-order chi connectivity index (χ1) is 25.8. The number of halogens is 14.